The van der Waals surface area contributed by atoms with Crippen LogP contribution in [-0.4, -0.2) is 33.3 Å². The first-order valence-electron chi connectivity index (χ1n) is 7.48. The van der Waals surface area contributed by atoms with E-state index in [0.29, 0.717) is 12.6 Å². The van der Waals surface area contributed by atoms with Gasteiger partial charge in [0.1, 0.15) is 11.5 Å². The second-order valence-corrected chi connectivity index (χ2v) is 5.17. The Hall–Kier alpha value is -1.18. The molecule has 0 heterocycles. The molecule has 1 aliphatic carbocycles. The van der Waals surface area contributed by atoms with Crippen LogP contribution in [0.1, 0.15) is 31.2 Å². The molecule has 0 atom stereocenters. The molecule has 0 saturated heterocycles. The fourth-order valence-electron chi connectivity index (χ4n) is 2.56. The van der Waals surface area contributed by atoms with Crippen LogP contribution in [0.4, 0.5) is 0 Å². The van der Waals surface area contributed by atoms with Crippen molar-refractivity contribution in [2.45, 2.75) is 38.3 Å². The van der Waals surface area contributed by atoms with Crippen LogP contribution in [0.5, 0.6) is 11.5 Å². The lowest BCUT2D eigenvalue weighted by molar-refractivity contribution is 0.207. The van der Waals surface area contributed by atoms with Gasteiger partial charge < -0.3 is 20.1 Å². The van der Waals surface area contributed by atoms with Crippen LogP contribution in [0.3, 0.4) is 0 Å². The molecule has 0 radical (unpaired) electrons. The first-order valence-corrected chi connectivity index (χ1v) is 7.48. The van der Waals surface area contributed by atoms with E-state index in [1.165, 1.54) is 12.8 Å². The summed E-state index contributed by atoms with van der Waals surface area (Å²) in [7, 11) is 5.28. The highest BCUT2D eigenvalue weighted by Crippen LogP contribution is 2.29. The summed E-state index contributed by atoms with van der Waals surface area (Å²) in [4.78, 5) is 4.12. The van der Waals surface area contributed by atoms with Crippen molar-refractivity contribution in [3.05, 3.63) is 23.8 Å². The third-order valence-corrected chi connectivity index (χ3v) is 3.78. The number of methoxy groups -OCH3 is 1. The summed E-state index contributed by atoms with van der Waals surface area (Å²) in [6.45, 7) is 0.666. The van der Waals surface area contributed by atoms with Gasteiger partial charge in [0.2, 0.25) is 0 Å². The van der Waals surface area contributed by atoms with Crippen molar-refractivity contribution >= 4 is 29.9 Å². The highest BCUT2D eigenvalue weighted by atomic mass is 127. The van der Waals surface area contributed by atoms with Crippen LogP contribution in [0.2, 0.25) is 0 Å². The molecule has 5 nitrogen and oxygen atoms in total. The molecule has 124 valence electrons. The second kappa shape index (κ2) is 9.76. The van der Waals surface area contributed by atoms with E-state index in [4.69, 9.17) is 9.47 Å². The van der Waals surface area contributed by atoms with Crippen molar-refractivity contribution < 1.29 is 9.47 Å². The van der Waals surface area contributed by atoms with Gasteiger partial charge in [-0.15, -0.1) is 24.0 Å². The van der Waals surface area contributed by atoms with Crippen LogP contribution in [0.15, 0.2) is 23.2 Å². The SMILES string of the molecule is CN=C(NC)NCc1ccc(OC)cc1OC1CCCC1.I. The third kappa shape index (κ3) is 5.23. The molecule has 0 amide bonds. The number of nitrogens with one attached hydrogen (secondary N) is 2. The molecular formula is C16H26IN3O2. The Kier molecular flexibility index (Phi) is 8.37. The Morgan fingerprint density at radius 1 is 1.32 bits per heavy atom. The van der Waals surface area contributed by atoms with Crippen molar-refractivity contribution in [2.24, 2.45) is 4.99 Å². The highest BCUT2D eigenvalue weighted by Gasteiger charge is 2.18. The molecular weight excluding hydrogens is 393 g/mol. The second-order valence-electron chi connectivity index (χ2n) is 5.17. The van der Waals surface area contributed by atoms with E-state index in [-0.39, 0.29) is 24.0 Å². The molecule has 2 rings (SSSR count). The number of aliphatic imine (C=N–C) groups is 1. The fraction of sp³-hybridized carbons (Fsp3) is 0.562. The van der Waals surface area contributed by atoms with Crippen LogP contribution < -0.4 is 20.1 Å². The van der Waals surface area contributed by atoms with Gasteiger partial charge in [0.25, 0.3) is 0 Å². The number of benzene rings is 1. The first kappa shape index (κ1) is 18.9. The zero-order chi connectivity index (χ0) is 15.1. The molecule has 22 heavy (non-hydrogen) atoms. The average molecular weight is 419 g/mol. The summed E-state index contributed by atoms with van der Waals surface area (Å²) >= 11 is 0. The monoisotopic (exact) mass is 419 g/mol. The predicted molar refractivity (Wildman–Crippen MR) is 101 cm³/mol. The molecule has 1 fully saturated rings. The molecule has 0 bridgehead atoms. The van der Waals surface area contributed by atoms with Crippen molar-refractivity contribution in [3.8, 4) is 11.5 Å². The minimum absolute atomic E-state index is 0. The summed E-state index contributed by atoms with van der Waals surface area (Å²) in [5, 5.41) is 6.27. The van der Waals surface area contributed by atoms with Gasteiger partial charge in [-0.1, -0.05) is 0 Å². The van der Waals surface area contributed by atoms with Gasteiger partial charge in [-0.05, 0) is 37.8 Å². The zero-order valence-electron chi connectivity index (χ0n) is 13.5. The smallest absolute Gasteiger partial charge is 0.190 e. The quantitative estimate of drug-likeness (QED) is 0.438. The molecule has 1 aromatic rings. The summed E-state index contributed by atoms with van der Waals surface area (Å²) < 4.78 is 11.5. The Labute approximate surface area is 149 Å². The topological polar surface area (TPSA) is 54.9 Å². The molecule has 1 aromatic carbocycles. The average Bonchev–Trinajstić information content (AvgIpc) is 3.02. The number of hydrogen-bond acceptors (Lipinski definition) is 3. The van der Waals surface area contributed by atoms with Crippen LogP contribution in [0, 0.1) is 0 Å². The first-order chi connectivity index (χ1) is 10.3. The minimum atomic E-state index is 0. The number of halogens is 1. The van der Waals surface area contributed by atoms with Crippen LogP contribution in [0.25, 0.3) is 0 Å². The lowest BCUT2D eigenvalue weighted by Crippen LogP contribution is -2.34. The molecule has 0 aliphatic heterocycles. The third-order valence-electron chi connectivity index (χ3n) is 3.78. The fourth-order valence-corrected chi connectivity index (χ4v) is 2.56. The number of ether oxygens (including phenoxy) is 2. The van der Waals surface area contributed by atoms with Crippen molar-refractivity contribution in [2.75, 3.05) is 21.2 Å². The molecule has 0 spiro atoms. The maximum Gasteiger partial charge on any atom is 0.190 e. The van der Waals surface area contributed by atoms with E-state index in [0.717, 1.165) is 35.9 Å². The van der Waals surface area contributed by atoms with E-state index in [9.17, 15) is 0 Å². The molecule has 0 unspecified atom stereocenters. The Bertz CT molecular complexity index is 488. The molecule has 1 aliphatic rings. The van der Waals surface area contributed by atoms with Gasteiger partial charge in [-0.25, -0.2) is 0 Å². The summed E-state index contributed by atoms with van der Waals surface area (Å²) in [5.74, 6) is 2.49. The lowest BCUT2D eigenvalue weighted by atomic mass is 10.2. The van der Waals surface area contributed by atoms with E-state index >= 15 is 0 Å². The largest absolute Gasteiger partial charge is 0.497 e. The van der Waals surface area contributed by atoms with E-state index in [1.54, 1.807) is 14.2 Å². The maximum absolute atomic E-state index is 6.17. The summed E-state index contributed by atoms with van der Waals surface area (Å²) in [5.41, 5.74) is 1.11. The van der Waals surface area contributed by atoms with Crippen molar-refractivity contribution in [1.29, 1.82) is 0 Å². The molecule has 2 N–H and O–H groups in total. The predicted octanol–water partition coefficient (Wildman–Crippen LogP) is 2.93. The Balaban J connectivity index is 0.00000242. The number of nitrogens with zero attached hydrogens (tertiary/aromatic N) is 1. The number of guanidine groups is 1. The van der Waals surface area contributed by atoms with E-state index < -0.39 is 0 Å². The lowest BCUT2D eigenvalue weighted by Gasteiger charge is -2.18. The van der Waals surface area contributed by atoms with Gasteiger partial charge in [0, 0.05) is 32.3 Å². The highest BCUT2D eigenvalue weighted by molar-refractivity contribution is 14.0. The van der Waals surface area contributed by atoms with Gasteiger partial charge in [0.15, 0.2) is 5.96 Å². The Morgan fingerprint density at radius 3 is 2.64 bits per heavy atom. The van der Waals surface area contributed by atoms with Crippen molar-refractivity contribution in [1.82, 2.24) is 10.6 Å². The van der Waals surface area contributed by atoms with Crippen molar-refractivity contribution in [3.63, 3.8) is 0 Å². The Morgan fingerprint density at radius 2 is 2.05 bits per heavy atom. The van der Waals surface area contributed by atoms with Gasteiger partial charge in [-0.3, -0.25) is 4.99 Å². The minimum Gasteiger partial charge on any atom is -0.497 e. The molecule has 0 aromatic heterocycles. The normalized spacial score (nSPS) is 15.1. The van der Waals surface area contributed by atoms with Gasteiger partial charge in [0.05, 0.1) is 13.2 Å². The molecule has 1 saturated carbocycles. The van der Waals surface area contributed by atoms with E-state index in [2.05, 4.69) is 15.6 Å². The molecule has 6 heteroatoms. The zero-order valence-corrected chi connectivity index (χ0v) is 15.8. The van der Waals surface area contributed by atoms with Crippen LogP contribution >= 0.6 is 24.0 Å². The number of rotatable bonds is 5. The number of hydrogen-bond donors (Lipinski definition) is 2. The van der Waals surface area contributed by atoms with Gasteiger partial charge in [-0.2, -0.15) is 0 Å². The summed E-state index contributed by atoms with van der Waals surface area (Å²) in [6, 6.07) is 5.97. The van der Waals surface area contributed by atoms with E-state index in [1.807, 2.05) is 25.2 Å². The van der Waals surface area contributed by atoms with Crippen LogP contribution in [-0.2, 0) is 6.54 Å². The summed E-state index contributed by atoms with van der Waals surface area (Å²) in [6.07, 6.45) is 5.13. The standard InChI is InChI=1S/C16H25N3O2.HI/c1-17-16(18-2)19-11-12-8-9-14(20-3)10-15(12)21-13-6-4-5-7-13;/h8-10,13H,4-7,11H2,1-3H3,(H2,17,18,19);1H. The van der Waals surface area contributed by atoms with Gasteiger partial charge >= 0.3 is 0 Å². The maximum atomic E-state index is 6.17.